The van der Waals surface area contributed by atoms with Crippen LogP contribution in [0.2, 0.25) is 0 Å². The predicted molar refractivity (Wildman–Crippen MR) is 79.5 cm³/mol. The van der Waals surface area contributed by atoms with Crippen LogP contribution in [0.4, 0.5) is 4.39 Å². The maximum Gasteiger partial charge on any atom is 0.307 e. The quantitative estimate of drug-likeness (QED) is 0.809. The summed E-state index contributed by atoms with van der Waals surface area (Å²) in [5.41, 5.74) is 0.906. The van der Waals surface area contributed by atoms with Gasteiger partial charge in [0, 0.05) is 19.6 Å². The molecule has 0 aliphatic carbocycles. The van der Waals surface area contributed by atoms with E-state index in [0.717, 1.165) is 12.0 Å². The normalized spacial score (nSPS) is 18.8. The van der Waals surface area contributed by atoms with Gasteiger partial charge in [-0.2, -0.15) is 0 Å². The molecule has 1 atom stereocenters. The molecule has 0 unspecified atom stereocenters. The summed E-state index contributed by atoms with van der Waals surface area (Å²) in [6.07, 6.45) is 0.787. The van der Waals surface area contributed by atoms with Gasteiger partial charge in [0.25, 0.3) is 0 Å². The lowest BCUT2D eigenvalue weighted by atomic mass is 10.1. The van der Waals surface area contributed by atoms with Crippen LogP contribution in [0.15, 0.2) is 24.3 Å². The maximum absolute atomic E-state index is 13.0. The third-order valence-corrected chi connectivity index (χ3v) is 3.57. The van der Waals surface area contributed by atoms with Crippen LogP contribution in [0.25, 0.3) is 0 Å². The molecule has 2 rings (SSSR count). The standard InChI is InChI=1S/C16H21FN2O3/c1-2-9-22-15(20)10-14-16(21)18-7-8-19(14)11-12-3-5-13(17)6-4-12/h3-6,14H,2,7-11H2,1H3,(H,18,21)/t14-/m0/s1. The molecule has 1 N–H and O–H groups in total. The first kappa shape index (κ1) is 16.4. The molecule has 1 aromatic rings. The van der Waals surface area contributed by atoms with E-state index in [4.69, 9.17) is 4.74 Å². The van der Waals surface area contributed by atoms with E-state index < -0.39 is 6.04 Å². The van der Waals surface area contributed by atoms with Gasteiger partial charge in [-0.25, -0.2) is 4.39 Å². The highest BCUT2D eigenvalue weighted by molar-refractivity contribution is 5.87. The second-order valence-corrected chi connectivity index (χ2v) is 5.33. The van der Waals surface area contributed by atoms with Crippen molar-refractivity contribution in [2.45, 2.75) is 32.4 Å². The zero-order valence-corrected chi connectivity index (χ0v) is 12.7. The van der Waals surface area contributed by atoms with Crippen LogP contribution >= 0.6 is 0 Å². The summed E-state index contributed by atoms with van der Waals surface area (Å²) in [4.78, 5) is 25.7. The molecule has 6 heteroatoms. The minimum Gasteiger partial charge on any atom is -0.466 e. The Bertz CT molecular complexity index is 519. The van der Waals surface area contributed by atoms with Gasteiger partial charge in [0.05, 0.1) is 13.0 Å². The number of amides is 1. The number of benzene rings is 1. The summed E-state index contributed by atoms with van der Waals surface area (Å²) >= 11 is 0. The highest BCUT2D eigenvalue weighted by Gasteiger charge is 2.32. The van der Waals surface area contributed by atoms with Crippen molar-refractivity contribution in [2.24, 2.45) is 0 Å². The van der Waals surface area contributed by atoms with Crippen LogP contribution in [-0.2, 0) is 20.9 Å². The summed E-state index contributed by atoms with van der Waals surface area (Å²) in [6.45, 7) is 3.97. The number of esters is 1. The fourth-order valence-corrected chi connectivity index (χ4v) is 2.43. The SMILES string of the molecule is CCCOC(=O)C[C@H]1C(=O)NCCN1Cc1ccc(F)cc1. The number of hydrogen-bond donors (Lipinski definition) is 1. The molecule has 5 nitrogen and oxygen atoms in total. The van der Waals surface area contributed by atoms with E-state index in [-0.39, 0.29) is 24.1 Å². The third-order valence-electron chi connectivity index (χ3n) is 3.57. The van der Waals surface area contributed by atoms with Crippen molar-refractivity contribution < 1.29 is 18.7 Å². The van der Waals surface area contributed by atoms with Crippen molar-refractivity contribution in [3.05, 3.63) is 35.6 Å². The van der Waals surface area contributed by atoms with Gasteiger partial charge in [-0.05, 0) is 24.1 Å². The van der Waals surface area contributed by atoms with Crippen molar-refractivity contribution in [3.8, 4) is 0 Å². The van der Waals surface area contributed by atoms with Crippen LogP contribution in [-0.4, -0.2) is 42.5 Å². The van der Waals surface area contributed by atoms with Gasteiger partial charge in [-0.3, -0.25) is 14.5 Å². The van der Waals surface area contributed by atoms with E-state index in [1.54, 1.807) is 12.1 Å². The maximum atomic E-state index is 13.0. The van der Waals surface area contributed by atoms with E-state index in [2.05, 4.69) is 5.32 Å². The molecule has 22 heavy (non-hydrogen) atoms. The molecule has 0 aromatic heterocycles. The lowest BCUT2D eigenvalue weighted by molar-refractivity contribution is -0.148. The van der Waals surface area contributed by atoms with Crippen molar-refractivity contribution in [1.29, 1.82) is 0 Å². The van der Waals surface area contributed by atoms with Crippen molar-refractivity contribution in [2.75, 3.05) is 19.7 Å². The largest absolute Gasteiger partial charge is 0.466 e. The van der Waals surface area contributed by atoms with Crippen molar-refractivity contribution in [3.63, 3.8) is 0 Å². The number of nitrogens with one attached hydrogen (secondary N) is 1. The Hall–Kier alpha value is -1.95. The average Bonchev–Trinajstić information content (AvgIpc) is 2.51. The topological polar surface area (TPSA) is 58.6 Å². The molecule has 0 saturated carbocycles. The van der Waals surface area contributed by atoms with Gasteiger partial charge in [-0.15, -0.1) is 0 Å². The number of piperazine rings is 1. The second kappa shape index (κ2) is 7.89. The number of ether oxygens (including phenoxy) is 1. The van der Waals surface area contributed by atoms with Crippen molar-refractivity contribution in [1.82, 2.24) is 10.2 Å². The molecular weight excluding hydrogens is 287 g/mol. The van der Waals surface area contributed by atoms with Crippen LogP contribution in [0, 0.1) is 5.82 Å². The highest BCUT2D eigenvalue weighted by Crippen LogP contribution is 2.15. The van der Waals surface area contributed by atoms with Crippen molar-refractivity contribution >= 4 is 11.9 Å². The number of rotatable bonds is 6. The Morgan fingerprint density at radius 2 is 2.14 bits per heavy atom. The van der Waals surface area contributed by atoms with Crippen LogP contribution in [0.3, 0.4) is 0 Å². The van der Waals surface area contributed by atoms with E-state index in [0.29, 0.717) is 26.2 Å². The minimum atomic E-state index is -0.539. The first-order valence-corrected chi connectivity index (χ1v) is 7.52. The van der Waals surface area contributed by atoms with Crippen LogP contribution in [0.1, 0.15) is 25.3 Å². The fraction of sp³-hybridized carbons (Fsp3) is 0.500. The Kier molecular flexibility index (Phi) is 5.89. The number of halogens is 1. The van der Waals surface area contributed by atoms with E-state index in [1.807, 2.05) is 11.8 Å². The smallest absolute Gasteiger partial charge is 0.307 e. The highest BCUT2D eigenvalue weighted by atomic mass is 19.1. The molecule has 1 heterocycles. The fourth-order valence-electron chi connectivity index (χ4n) is 2.43. The summed E-state index contributed by atoms with van der Waals surface area (Å²) in [6, 6.07) is 5.62. The molecule has 1 amide bonds. The van der Waals surface area contributed by atoms with Gasteiger partial charge in [0.2, 0.25) is 5.91 Å². The molecular formula is C16H21FN2O3. The zero-order chi connectivity index (χ0) is 15.9. The molecule has 1 fully saturated rings. The van der Waals surface area contributed by atoms with Gasteiger partial charge in [0.1, 0.15) is 11.9 Å². The van der Waals surface area contributed by atoms with Gasteiger partial charge < -0.3 is 10.1 Å². The molecule has 0 spiro atoms. The van der Waals surface area contributed by atoms with E-state index in [9.17, 15) is 14.0 Å². The average molecular weight is 308 g/mol. The summed E-state index contributed by atoms with van der Waals surface area (Å²) < 4.78 is 18.0. The lowest BCUT2D eigenvalue weighted by Gasteiger charge is -2.34. The minimum absolute atomic E-state index is 0.0348. The monoisotopic (exact) mass is 308 g/mol. The van der Waals surface area contributed by atoms with Gasteiger partial charge >= 0.3 is 5.97 Å². The summed E-state index contributed by atoms with van der Waals surface area (Å²) in [5, 5.41) is 2.77. The number of nitrogens with zero attached hydrogens (tertiary/aromatic N) is 1. The van der Waals surface area contributed by atoms with Gasteiger partial charge in [0.15, 0.2) is 0 Å². The Morgan fingerprint density at radius 3 is 2.82 bits per heavy atom. The lowest BCUT2D eigenvalue weighted by Crippen LogP contribution is -2.55. The zero-order valence-electron chi connectivity index (χ0n) is 12.7. The molecule has 1 saturated heterocycles. The third kappa shape index (κ3) is 4.53. The first-order chi connectivity index (χ1) is 10.6. The number of carbonyl (C=O) groups excluding carboxylic acids is 2. The Morgan fingerprint density at radius 1 is 1.41 bits per heavy atom. The van der Waals surface area contributed by atoms with E-state index >= 15 is 0 Å². The van der Waals surface area contributed by atoms with Gasteiger partial charge in [-0.1, -0.05) is 19.1 Å². The first-order valence-electron chi connectivity index (χ1n) is 7.52. The molecule has 0 radical (unpaired) electrons. The second-order valence-electron chi connectivity index (χ2n) is 5.33. The summed E-state index contributed by atoms with van der Waals surface area (Å²) in [7, 11) is 0. The number of hydrogen-bond acceptors (Lipinski definition) is 4. The summed E-state index contributed by atoms with van der Waals surface area (Å²) in [5.74, 6) is -0.824. The van der Waals surface area contributed by atoms with E-state index in [1.165, 1.54) is 12.1 Å². The number of carbonyl (C=O) groups is 2. The van der Waals surface area contributed by atoms with Crippen LogP contribution < -0.4 is 5.32 Å². The Labute approximate surface area is 129 Å². The Balaban J connectivity index is 2.01. The predicted octanol–water partition coefficient (Wildman–Crippen LogP) is 1.47. The molecule has 1 aromatic carbocycles. The molecule has 120 valence electrons. The molecule has 1 aliphatic rings. The van der Waals surface area contributed by atoms with Crippen LogP contribution in [0.5, 0.6) is 0 Å². The molecule has 0 bridgehead atoms. The molecule has 1 aliphatic heterocycles.